The lowest BCUT2D eigenvalue weighted by atomic mass is 9.90. The van der Waals surface area contributed by atoms with Gasteiger partial charge in [-0.25, -0.2) is 10.2 Å². The van der Waals surface area contributed by atoms with Crippen molar-refractivity contribution in [1.29, 1.82) is 0 Å². The SMILES string of the molecule is COc1cc(C(/C=N/NC(N)=O)c2ccc(OC)c(O[Si](C)(C)C(C)(C)C)c2O[Si](C)(C)C(C)(C)C)cc(OC)c1OC. The topological polar surface area (TPSA) is 123 Å². The standard InChI is InChI=1S/C31H51N3O7Si2/c1-30(2,3)42(11,12)40-26-21(15-16-23(36-7)28(26)41-43(13,14)31(4,5)6)22(19-33-34-29(32)35)20-17-24(37-8)27(39-10)25(18-20)38-9/h15-19,22H,1-14H3,(H3,32,34,35)/b33-19+. The highest BCUT2D eigenvalue weighted by Crippen LogP contribution is 2.51. The quantitative estimate of drug-likeness (QED) is 0.143. The minimum absolute atomic E-state index is 0.0920. The Labute approximate surface area is 259 Å². The van der Waals surface area contributed by atoms with Crippen LogP contribution in [0.25, 0.3) is 0 Å². The van der Waals surface area contributed by atoms with Crippen LogP contribution in [0.1, 0.15) is 58.6 Å². The molecular formula is C31H51N3O7Si2. The van der Waals surface area contributed by atoms with Crippen LogP contribution in [0.15, 0.2) is 29.4 Å². The molecule has 1 unspecified atom stereocenters. The van der Waals surface area contributed by atoms with E-state index in [4.69, 9.17) is 33.5 Å². The van der Waals surface area contributed by atoms with Gasteiger partial charge in [0.05, 0.1) is 34.4 Å². The zero-order valence-corrected chi connectivity index (χ0v) is 30.3. The van der Waals surface area contributed by atoms with E-state index in [1.54, 1.807) is 34.7 Å². The number of benzene rings is 2. The number of ether oxygens (including phenoxy) is 4. The molecule has 0 radical (unpaired) electrons. The first-order valence-corrected chi connectivity index (χ1v) is 20.0. The first kappa shape index (κ1) is 35.8. The molecule has 0 aliphatic carbocycles. The lowest BCUT2D eigenvalue weighted by Gasteiger charge is -2.41. The van der Waals surface area contributed by atoms with Crippen molar-refractivity contribution >= 4 is 28.9 Å². The molecule has 240 valence electrons. The Morgan fingerprint density at radius 3 is 1.63 bits per heavy atom. The van der Waals surface area contributed by atoms with Gasteiger partial charge in [0, 0.05) is 11.8 Å². The second-order valence-electron chi connectivity index (χ2n) is 13.4. The van der Waals surface area contributed by atoms with Crippen molar-refractivity contribution in [3.8, 4) is 34.5 Å². The van der Waals surface area contributed by atoms with E-state index in [-0.39, 0.29) is 10.1 Å². The van der Waals surface area contributed by atoms with Crippen LogP contribution in [0.5, 0.6) is 34.5 Å². The summed E-state index contributed by atoms with van der Waals surface area (Å²) < 4.78 is 36.9. The van der Waals surface area contributed by atoms with Crippen LogP contribution < -0.4 is 39.0 Å². The molecule has 2 amide bonds. The molecule has 0 fully saturated rings. The molecule has 0 heterocycles. The lowest BCUT2D eigenvalue weighted by molar-refractivity contribution is 0.249. The van der Waals surface area contributed by atoms with Gasteiger partial charge in [-0.05, 0) is 60.0 Å². The molecule has 3 N–H and O–H groups in total. The number of hydrogen-bond acceptors (Lipinski definition) is 8. The number of nitrogens with zero attached hydrogens (tertiary/aromatic N) is 1. The number of carbonyl (C=O) groups excluding carboxylic acids is 1. The number of urea groups is 1. The summed E-state index contributed by atoms with van der Waals surface area (Å²) in [6.45, 7) is 21.8. The van der Waals surface area contributed by atoms with Crippen LogP contribution in [-0.4, -0.2) is 57.3 Å². The first-order chi connectivity index (χ1) is 19.7. The minimum Gasteiger partial charge on any atom is -0.541 e. The Bertz CT molecular complexity index is 1290. The van der Waals surface area contributed by atoms with Gasteiger partial charge in [-0.2, -0.15) is 5.10 Å². The molecule has 0 aliphatic heterocycles. The number of primary amides is 1. The van der Waals surface area contributed by atoms with E-state index in [2.05, 4.69) is 78.3 Å². The maximum atomic E-state index is 11.6. The second kappa shape index (κ2) is 13.5. The minimum atomic E-state index is -2.44. The smallest absolute Gasteiger partial charge is 0.332 e. The number of hydrogen-bond donors (Lipinski definition) is 2. The number of amides is 2. The lowest BCUT2D eigenvalue weighted by Crippen LogP contribution is -2.46. The molecular weight excluding hydrogens is 583 g/mol. The third-order valence-electron chi connectivity index (χ3n) is 8.43. The summed E-state index contributed by atoms with van der Waals surface area (Å²) in [5, 5.41) is 3.97. The van der Waals surface area contributed by atoms with Gasteiger partial charge in [0.2, 0.25) is 5.75 Å². The normalized spacial score (nSPS) is 13.3. The Morgan fingerprint density at radius 2 is 1.23 bits per heavy atom. The molecule has 2 aromatic rings. The van der Waals surface area contributed by atoms with Crippen molar-refractivity contribution < 1.29 is 32.6 Å². The zero-order valence-electron chi connectivity index (χ0n) is 28.3. The van der Waals surface area contributed by atoms with Crippen molar-refractivity contribution in [3.05, 3.63) is 35.4 Å². The van der Waals surface area contributed by atoms with E-state index >= 15 is 0 Å². The number of nitrogens with two attached hydrogens (primary N) is 1. The fourth-order valence-electron chi connectivity index (χ4n) is 3.79. The third kappa shape index (κ3) is 8.17. The molecule has 43 heavy (non-hydrogen) atoms. The van der Waals surface area contributed by atoms with Gasteiger partial charge in [-0.1, -0.05) is 47.6 Å². The Hall–Kier alpha value is -3.39. The molecule has 0 saturated heterocycles. The highest BCUT2D eigenvalue weighted by atomic mass is 28.4. The van der Waals surface area contributed by atoms with Crippen molar-refractivity contribution in [2.24, 2.45) is 10.8 Å². The second-order valence-corrected chi connectivity index (χ2v) is 22.9. The number of methoxy groups -OCH3 is 4. The van der Waals surface area contributed by atoms with Crippen LogP contribution in [-0.2, 0) is 0 Å². The summed E-state index contributed by atoms with van der Waals surface area (Å²) in [6, 6.07) is 6.71. The number of carbonyl (C=O) groups is 1. The summed E-state index contributed by atoms with van der Waals surface area (Å²) in [4.78, 5) is 11.6. The van der Waals surface area contributed by atoms with E-state index < -0.39 is 28.6 Å². The van der Waals surface area contributed by atoms with Crippen LogP contribution in [0.2, 0.25) is 36.3 Å². The van der Waals surface area contributed by atoms with E-state index in [9.17, 15) is 4.79 Å². The zero-order chi connectivity index (χ0) is 33.0. The molecule has 0 bridgehead atoms. The van der Waals surface area contributed by atoms with Crippen molar-refractivity contribution in [2.45, 2.75) is 83.7 Å². The highest BCUT2D eigenvalue weighted by molar-refractivity contribution is 6.75. The number of rotatable bonds is 12. The average Bonchev–Trinajstić information content (AvgIpc) is 2.89. The predicted molar refractivity (Wildman–Crippen MR) is 178 cm³/mol. The van der Waals surface area contributed by atoms with Crippen molar-refractivity contribution in [1.82, 2.24) is 5.43 Å². The summed E-state index contributed by atoms with van der Waals surface area (Å²) in [7, 11) is 1.48. The van der Waals surface area contributed by atoms with Gasteiger partial charge in [0.1, 0.15) is 0 Å². The molecule has 0 aliphatic rings. The monoisotopic (exact) mass is 633 g/mol. The van der Waals surface area contributed by atoms with Crippen LogP contribution in [0, 0.1) is 0 Å². The van der Waals surface area contributed by atoms with Gasteiger partial charge >= 0.3 is 6.03 Å². The van der Waals surface area contributed by atoms with Gasteiger partial charge in [-0.3, -0.25) is 0 Å². The third-order valence-corrected chi connectivity index (χ3v) is 17.1. The van der Waals surface area contributed by atoms with Crippen LogP contribution in [0.3, 0.4) is 0 Å². The molecule has 12 heteroatoms. The Morgan fingerprint density at radius 1 is 0.767 bits per heavy atom. The van der Waals surface area contributed by atoms with Gasteiger partial charge < -0.3 is 33.5 Å². The Kier molecular flexibility index (Phi) is 11.2. The molecule has 1 atom stereocenters. The van der Waals surface area contributed by atoms with E-state index in [1.165, 1.54) is 0 Å². The number of nitrogens with one attached hydrogen (secondary N) is 1. The van der Waals surface area contributed by atoms with Crippen LogP contribution >= 0.6 is 0 Å². The Balaban J connectivity index is 3.07. The highest BCUT2D eigenvalue weighted by Gasteiger charge is 2.44. The molecule has 2 rings (SSSR count). The van der Waals surface area contributed by atoms with Gasteiger partial charge in [0.25, 0.3) is 16.6 Å². The first-order valence-electron chi connectivity index (χ1n) is 14.2. The largest absolute Gasteiger partial charge is 0.541 e. The van der Waals surface area contributed by atoms with E-state index in [0.29, 0.717) is 34.5 Å². The average molecular weight is 634 g/mol. The maximum Gasteiger partial charge on any atom is 0.332 e. The fraction of sp³-hybridized carbons (Fsp3) is 0.548. The maximum absolute atomic E-state index is 11.6. The molecule has 0 saturated carbocycles. The number of hydrazone groups is 1. The molecule has 10 nitrogen and oxygen atoms in total. The molecule has 2 aromatic carbocycles. The summed E-state index contributed by atoms with van der Waals surface area (Å²) in [5.74, 6) is 2.51. The van der Waals surface area contributed by atoms with Crippen molar-refractivity contribution in [3.63, 3.8) is 0 Å². The van der Waals surface area contributed by atoms with Gasteiger partial charge in [0.15, 0.2) is 28.7 Å². The van der Waals surface area contributed by atoms with E-state index in [0.717, 1.165) is 11.1 Å². The summed E-state index contributed by atoms with van der Waals surface area (Å²) in [6.07, 6.45) is 1.60. The molecule has 0 spiro atoms. The fourth-order valence-corrected chi connectivity index (χ4v) is 5.82. The predicted octanol–water partition coefficient (Wildman–Crippen LogP) is 7.28. The van der Waals surface area contributed by atoms with Crippen molar-refractivity contribution in [2.75, 3.05) is 28.4 Å². The summed E-state index contributed by atoms with van der Waals surface area (Å²) in [5.41, 5.74) is 9.17. The summed E-state index contributed by atoms with van der Waals surface area (Å²) >= 11 is 0. The van der Waals surface area contributed by atoms with Crippen LogP contribution in [0.4, 0.5) is 4.79 Å². The molecule has 0 aromatic heterocycles. The van der Waals surface area contributed by atoms with E-state index in [1.807, 2.05) is 24.3 Å². The van der Waals surface area contributed by atoms with Gasteiger partial charge in [-0.15, -0.1) is 0 Å².